The number of hydrogen-bond donors (Lipinski definition) is 1. The number of carboxylic acids is 1. The minimum Gasteiger partial charge on any atom is -0.477 e. The first kappa shape index (κ1) is 10.9. The molecule has 0 spiro atoms. The molecule has 1 amide bonds. The summed E-state index contributed by atoms with van der Waals surface area (Å²) in [6.45, 7) is 1.32. The summed E-state index contributed by atoms with van der Waals surface area (Å²) in [6.07, 6.45) is 0.0406. The van der Waals surface area contributed by atoms with Gasteiger partial charge in [-0.2, -0.15) is 8.78 Å². The molecule has 14 heavy (non-hydrogen) atoms. The van der Waals surface area contributed by atoms with E-state index in [-0.39, 0.29) is 25.4 Å². The molecule has 80 valence electrons. The smallest absolute Gasteiger partial charge is 0.374 e. The van der Waals surface area contributed by atoms with Gasteiger partial charge in [-0.15, -0.1) is 0 Å². The van der Waals surface area contributed by atoms with Gasteiger partial charge >= 0.3 is 11.9 Å². The summed E-state index contributed by atoms with van der Waals surface area (Å²) < 4.78 is 25.9. The molecule has 1 fully saturated rings. The van der Waals surface area contributed by atoms with Crippen LogP contribution in [0.25, 0.3) is 0 Å². The van der Waals surface area contributed by atoms with E-state index in [2.05, 4.69) is 0 Å². The lowest BCUT2D eigenvalue weighted by Gasteiger charge is -2.19. The first-order chi connectivity index (χ1) is 6.35. The molecule has 0 radical (unpaired) electrons. The summed E-state index contributed by atoms with van der Waals surface area (Å²) in [5.74, 6) is -7.41. The maximum Gasteiger partial charge on any atom is 0.374 e. The maximum absolute atomic E-state index is 13.0. The summed E-state index contributed by atoms with van der Waals surface area (Å²) >= 11 is 0. The number of halogens is 2. The quantitative estimate of drug-likeness (QED) is 0.720. The number of carboxylic acid groups (broad SMARTS) is 1. The summed E-state index contributed by atoms with van der Waals surface area (Å²) in [5, 5.41) is 8.27. The summed E-state index contributed by atoms with van der Waals surface area (Å²) in [5.41, 5.74) is 0. The fourth-order valence-electron chi connectivity index (χ4n) is 1.52. The van der Waals surface area contributed by atoms with Crippen molar-refractivity contribution in [1.82, 2.24) is 4.90 Å². The largest absolute Gasteiger partial charge is 0.477 e. The minimum atomic E-state index is -3.73. The van der Waals surface area contributed by atoms with E-state index in [1.165, 1.54) is 11.8 Å². The number of carbonyl (C=O) groups is 2. The number of likely N-dealkylation sites (tertiary alicyclic amines) is 1. The Hall–Kier alpha value is -1.20. The van der Waals surface area contributed by atoms with Crippen molar-refractivity contribution in [2.75, 3.05) is 13.1 Å². The number of alkyl halides is 2. The lowest BCUT2D eigenvalue weighted by atomic mass is 10.0. The van der Waals surface area contributed by atoms with E-state index in [1.54, 1.807) is 0 Å². The Labute approximate surface area is 79.5 Å². The van der Waals surface area contributed by atoms with E-state index < -0.39 is 17.8 Å². The molecule has 1 N–H and O–H groups in total. The highest BCUT2D eigenvalue weighted by molar-refractivity contribution is 5.77. The second-order valence-corrected chi connectivity index (χ2v) is 3.38. The van der Waals surface area contributed by atoms with E-state index in [9.17, 15) is 18.4 Å². The van der Waals surface area contributed by atoms with Crippen LogP contribution in [0.2, 0.25) is 0 Å². The Balaban J connectivity index is 2.66. The zero-order valence-electron chi connectivity index (χ0n) is 7.67. The van der Waals surface area contributed by atoms with Crippen molar-refractivity contribution < 1.29 is 23.5 Å². The molecule has 1 rings (SSSR count). The zero-order valence-corrected chi connectivity index (χ0v) is 7.67. The fraction of sp³-hybridized carbons (Fsp3) is 0.750. The molecule has 0 aromatic heterocycles. The van der Waals surface area contributed by atoms with E-state index >= 15 is 0 Å². The molecule has 1 unspecified atom stereocenters. The molecule has 6 heteroatoms. The molecular weight excluding hydrogens is 196 g/mol. The van der Waals surface area contributed by atoms with Crippen LogP contribution in [-0.2, 0) is 9.59 Å². The molecule has 0 aliphatic carbocycles. The summed E-state index contributed by atoms with van der Waals surface area (Å²) in [4.78, 5) is 22.3. The van der Waals surface area contributed by atoms with Gasteiger partial charge in [-0.3, -0.25) is 4.79 Å². The van der Waals surface area contributed by atoms with Crippen molar-refractivity contribution >= 4 is 11.9 Å². The highest BCUT2D eigenvalue weighted by atomic mass is 19.3. The Bertz CT molecular complexity index is 267. The van der Waals surface area contributed by atoms with Gasteiger partial charge in [0.1, 0.15) is 0 Å². The first-order valence-corrected chi connectivity index (χ1v) is 4.22. The molecule has 1 aliphatic rings. The van der Waals surface area contributed by atoms with Crippen molar-refractivity contribution in [3.8, 4) is 0 Å². The molecule has 1 heterocycles. The number of amides is 1. The highest BCUT2D eigenvalue weighted by Gasteiger charge is 2.50. The number of aliphatic carboxylic acids is 1. The van der Waals surface area contributed by atoms with Crippen molar-refractivity contribution in [1.29, 1.82) is 0 Å². The van der Waals surface area contributed by atoms with Crippen LogP contribution in [0, 0.1) is 5.92 Å². The van der Waals surface area contributed by atoms with Crippen LogP contribution in [-0.4, -0.2) is 40.9 Å². The van der Waals surface area contributed by atoms with Crippen LogP contribution in [0.1, 0.15) is 13.3 Å². The van der Waals surface area contributed by atoms with E-state index in [0.717, 1.165) is 0 Å². The van der Waals surface area contributed by atoms with Gasteiger partial charge in [0.25, 0.3) is 0 Å². The zero-order chi connectivity index (χ0) is 10.9. The third-order valence-corrected chi connectivity index (χ3v) is 2.43. The Morgan fingerprint density at radius 3 is 2.43 bits per heavy atom. The predicted octanol–water partition coefficient (Wildman–Crippen LogP) is 0.575. The summed E-state index contributed by atoms with van der Waals surface area (Å²) in [7, 11) is 0. The lowest BCUT2D eigenvalue weighted by molar-refractivity contribution is -0.172. The second kappa shape index (κ2) is 3.51. The average molecular weight is 207 g/mol. The van der Waals surface area contributed by atoms with Gasteiger partial charge < -0.3 is 10.0 Å². The molecule has 0 bridgehead atoms. The van der Waals surface area contributed by atoms with Crippen LogP contribution >= 0.6 is 0 Å². The number of carbonyl (C=O) groups excluding carboxylic acids is 1. The number of rotatable bonds is 2. The number of hydrogen-bond acceptors (Lipinski definition) is 2. The van der Waals surface area contributed by atoms with Gasteiger partial charge in [-0.1, -0.05) is 0 Å². The third-order valence-electron chi connectivity index (χ3n) is 2.43. The van der Waals surface area contributed by atoms with Gasteiger partial charge in [0.2, 0.25) is 5.91 Å². The minimum absolute atomic E-state index is 0.0406. The van der Waals surface area contributed by atoms with Crippen LogP contribution < -0.4 is 0 Å². The molecule has 1 saturated heterocycles. The van der Waals surface area contributed by atoms with Gasteiger partial charge in [-0.25, -0.2) is 4.79 Å². The number of nitrogens with zero attached hydrogens (tertiary/aromatic N) is 1. The average Bonchev–Trinajstić information content (AvgIpc) is 2.51. The topological polar surface area (TPSA) is 57.6 Å². The maximum atomic E-state index is 13.0. The molecule has 4 nitrogen and oxygen atoms in total. The second-order valence-electron chi connectivity index (χ2n) is 3.38. The fourth-order valence-corrected chi connectivity index (χ4v) is 1.52. The van der Waals surface area contributed by atoms with Crippen molar-refractivity contribution in [2.24, 2.45) is 5.92 Å². The van der Waals surface area contributed by atoms with Crippen LogP contribution in [0.15, 0.2) is 0 Å². The van der Waals surface area contributed by atoms with E-state index in [4.69, 9.17) is 5.11 Å². The Kier molecular flexibility index (Phi) is 2.73. The van der Waals surface area contributed by atoms with Crippen LogP contribution in [0.3, 0.4) is 0 Å². The monoisotopic (exact) mass is 207 g/mol. The van der Waals surface area contributed by atoms with E-state index in [0.29, 0.717) is 0 Å². The van der Waals surface area contributed by atoms with Gasteiger partial charge in [-0.05, 0) is 6.42 Å². The molecule has 1 atom stereocenters. The van der Waals surface area contributed by atoms with Gasteiger partial charge in [0, 0.05) is 20.0 Å². The normalized spacial score (nSPS) is 22.5. The van der Waals surface area contributed by atoms with Crippen molar-refractivity contribution in [3.63, 3.8) is 0 Å². The third kappa shape index (κ3) is 1.83. The van der Waals surface area contributed by atoms with Crippen LogP contribution in [0.4, 0.5) is 8.78 Å². The predicted molar refractivity (Wildman–Crippen MR) is 42.9 cm³/mol. The molecule has 0 aromatic carbocycles. The Morgan fingerprint density at radius 1 is 1.50 bits per heavy atom. The standard InChI is InChI=1S/C8H11F2NO3/c1-5(12)11-3-2-6(4-11)8(9,10)7(13)14/h6H,2-4H2,1H3,(H,13,14). The molecule has 0 saturated carbocycles. The summed E-state index contributed by atoms with van der Waals surface area (Å²) in [6, 6.07) is 0. The SMILES string of the molecule is CC(=O)N1CCC(C(F)(F)C(=O)O)C1. The van der Waals surface area contributed by atoms with E-state index in [1.807, 2.05) is 0 Å². The lowest BCUT2D eigenvalue weighted by Crippen LogP contribution is -2.39. The highest BCUT2D eigenvalue weighted by Crippen LogP contribution is 2.32. The molecule has 0 aromatic rings. The van der Waals surface area contributed by atoms with Crippen molar-refractivity contribution in [2.45, 2.75) is 19.3 Å². The van der Waals surface area contributed by atoms with Crippen LogP contribution in [0.5, 0.6) is 0 Å². The molecule has 1 aliphatic heterocycles. The Morgan fingerprint density at radius 2 is 2.07 bits per heavy atom. The van der Waals surface area contributed by atoms with Gasteiger partial charge in [0.15, 0.2) is 0 Å². The molecular formula is C8H11F2NO3. The first-order valence-electron chi connectivity index (χ1n) is 4.22. The van der Waals surface area contributed by atoms with Crippen molar-refractivity contribution in [3.05, 3.63) is 0 Å². The van der Waals surface area contributed by atoms with Gasteiger partial charge in [0.05, 0.1) is 5.92 Å².